The van der Waals surface area contributed by atoms with E-state index in [1.807, 2.05) is 49.4 Å². The first kappa shape index (κ1) is 33.3. The molecule has 0 bridgehead atoms. The summed E-state index contributed by atoms with van der Waals surface area (Å²) >= 11 is 6.49. The Morgan fingerprint density at radius 3 is 2.32 bits per heavy atom. The van der Waals surface area contributed by atoms with Gasteiger partial charge in [-0.25, -0.2) is 4.68 Å². The number of unbranched alkanes of at least 4 members (excludes halogenated alkanes) is 1. The fourth-order valence-corrected chi connectivity index (χ4v) is 5.50. The predicted octanol–water partition coefficient (Wildman–Crippen LogP) is 9.77. The van der Waals surface area contributed by atoms with Gasteiger partial charge in [-0.2, -0.15) is 5.10 Å². The van der Waals surface area contributed by atoms with Crippen LogP contribution in [0.3, 0.4) is 0 Å². The number of nitrogens with one attached hydrogen (secondary N) is 1. The van der Waals surface area contributed by atoms with Gasteiger partial charge in [0, 0.05) is 17.7 Å². The summed E-state index contributed by atoms with van der Waals surface area (Å²) < 4.78 is 8.07. The molecule has 0 atom stereocenters. The number of benzene rings is 3. The van der Waals surface area contributed by atoms with E-state index in [0.717, 1.165) is 53.8 Å². The molecule has 0 saturated heterocycles. The highest BCUT2D eigenvalue weighted by Gasteiger charge is 2.26. The second-order valence-corrected chi connectivity index (χ2v) is 13.5. The van der Waals surface area contributed by atoms with Gasteiger partial charge in [0.2, 0.25) is 0 Å². The van der Waals surface area contributed by atoms with Gasteiger partial charge in [0.25, 0.3) is 5.91 Å². The maximum atomic E-state index is 13.5. The van der Waals surface area contributed by atoms with E-state index in [0.29, 0.717) is 29.6 Å². The Balaban J connectivity index is 1.43. The summed E-state index contributed by atoms with van der Waals surface area (Å²) in [5, 5.41) is 8.53. The highest BCUT2D eigenvalue weighted by Crippen LogP contribution is 2.38. The second-order valence-electron chi connectivity index (χ2n) is 13.1. The van der Waals surface area contributed by atoms with Crippen molar-refractivity contribution in [3.63, 3.8) is 0 Å². The molecule has 1 amide bonds. The van der Waals surface area contributed by atoms with Gasteiger partial charge >= 0.3 is 0 Å². The standard InChI is InChI=1S/C38H48ClN3O2/c1-9-37(5,6)28-18-20-35(30(24-28)38(7,8)10-2)44-22-14-13-21-40-36(43)34-25-32(29-15-11-12-16-31(29)39)41-42(34)33-19-17-26(3)23-27(33)4/h11-12,15-20,23-25H,9-10,13-14,21-22H2,1-8H3,(H,40,43). The van der Waals surface area contributed by atoms with Crippen LogP contribution in [0.1, 0.15) is 100.0 Å². The second kappa shape index (κ2) is 14.0. The molecule has 0 aliphatic heterocycles. The van der Waals surface area contributed by atoms with Gasteiger partial charge in [-0.05, 0) is 85.8 Å². The van der Waals surface area contributed by atoms with E-state index < -0.39 is 0 Å². The normalized spacial score (nSPS) is 11.9. The molecule has 234 valence electrons. The van der Waals surface area contributed by atoms with E-state index in [1.165, 1.54) is 11.1 Å². The number of amides is 1. The lowest BCUT2D eigenvalue weighted by molar-refractivity contribution is 0.0944. The van der Waals surface area contributed by atoms with Crippen molar-refractivity contribution in [2.75, 3.05) is 13.2 Å². The Morgan fingerprint density at radius 2 is 1.64 bits per heavy atom. The topological polar surface area (TPSA) is 56.1 Å². The molecule has 1 heterocycles. The van der Waals surface area contributed by atoms with E-state index in [4.69, 9.17) is 21.4 Å². The fraction of sp³-hybridized carbons (Fsp3) is 0.421. The fourth-order valence-electron chi connectivity index (χ4n) is 5.27. The quantitative estimate of drug-likeness (QED) is 0.153. The van der Waals surface area contributed by atoms with E-state index in [2.05, 4.69) is 78.0 Å². The van der Waals surface area contributed by atoms with Crippen molar-refractivity contribution in [2.24, 2.45) is 0 Å². The first-order valence-electron chi connectivity index (χ1n) is 15.9. The van der Waals surface area contributed by atoms with Crippen LogP contribution in [0.15, 0.2) is 66.7 Å². The zero-order chi connectivity index (χ0) is 32.1. The summed E-state index contributed by atoms with van der Waals surface area (Å²) in [4.78, 5) is 13.5. The number of hydrogen-bond donors (Lipinski definition) is 1. The first-order chi connectivity index (χ1) is 20.9. The highest BCUT2D eigenvalue weighted by atomic mass is 35.5. The number of aryl methyl sites for hydroxylation is 2. The SMILES string of the molecule is CCC(C)(C)c1ccc(OCCCCNC(=O)c2cc(-c3ccccc3Cl)nn2-c2ccc(C)cc2C)c(C(C)(C)CC)c1. The van der Waals surface area contributed by atoms with Crippen LogP contribution in [-0.4, -0.2) is 28.8 Å². The molecule has 4 aromatic rings. The number of carbonyl (C=O) groups excluding carboxylic acids is 1. The Morgan fingerprint density at radius 1 is 0.909 bits per heavy atom. The van der Waals surface area contributed by atoms with Gasteiger partial charge < -0.3 is 10.1 Å². The lowest BCUT2D eigenvalue weighted by Gasteiger charge is -2.30. The van der Waals surface area contributed by atoms with Gasteiger partial charge in [0.1, 0.15) is 11.4 Å². The number of carbonyl (C=O) groups is 1. The lowest BCUT2D eigenvalue weighted by Crippen LogP contribution is -2.27. The summed E-state index contributed by atoms with van der Waals surface area (Å²) in [5.74, 6) is 0.791. The highest BCUT2D eigenvalue weighted by molar-refractivity contribution is 6.33. The zero-order valence-corrected chi connectivity index (χ0v) is 28.4. The maximum Gasteiger partial charge on any atom is 0.270 e. The molecule has 0 unspecified atom stereocenters. The van der Waals surface area contributed by atoms with E-state index in [-0.39, 0.29) is 16.7 Å². The summed E-state index contributed by atoms with van der Waals surface area (Å²) in [6.07, 6.45) is 3.74. The number of halogens is 1. The number of ether oxygens (including phenoxy) is 1. The lowest BCUT2D eigenvalue weighted by atomic mass is 9.76. The summed E-state index contributed by atoms with van der Waals surface area (Å²) in [5.41, 5.74) is 7.75. The minimum Gasteiger partial charge on any atom is -0.493 e. The number of hydrogen-bond acceptors (Lipinski definition) is 3. The molecule has 0 fully saturated rings. The van der Waals surface area contributed by atoms with Crippen molar-refractivity contribution in [3.8, 4) is 22.7 Å². The van der Waals surface area contributed by atoms with Crippen LogP contribution in [0.2, 0.25) is 5.02 Å². The number of aromatic nitrogens is 2. The van der Waals surface area contributed by atoms with Crippen LogP contribution < -0.4 is 10.1 Å². The Hall–Kier alpha value is -3.57. The zero-order valence-electron chi connectivity index (χ0n) is 27.7. The number of rotatable bonds is 13. The summed E-state index contributed by atoms with van der Waals surface area (Å²) in [7, 11) is 0. The molecule has 1 aromatic heterocycles. The molecular weight excluding hydrogens is 566 g/mol. The van der Waals surface area contributed by atoms with Crippen LogP contribution in [0.4, 0.5) is 0 Å². The molecule has 3 aromatic carbocycles. The monoisotopic (exact) mass is 613 g/mol. The van der Waals surface area contributed by atoms with Crippen LogP contribution in [0, 0.1) is 13.8 Å². The van der Waals surface area contributed by atoms with E-state index in [9.17, 15) is 4.79 Å². The Bertz CT molecular complexity index is 1600. The van der Waals surface area contributed by atoms with Crippen molar-refractivity contribution in [1.82, 2.24) is 15.1 Å². The van der Waals surface area contributed by atoms with Gasteiger partial charge in [-0.15, -0.1) is 0 Å². The van der Waals surface area contributed by atoms with Crippen LogP contribution in [-0.2, 0) is 10.8 Å². The molecule has 1 N–H and O–H groups in total. The van der Waals surface area contributed by atoms with Gasteiger partial charge in [0.05, 0.1) is 23.0 Å². The van der Waals surface area contributed by atoms with Gasteiger partial charge in [0.15, 0.2) is 0 Å². The smallest absolute Gasteiger partial charge is 0.270 e. The van der Waals surface area contributed by atoms with Crippen molar-refractivity contribution in [3.05, 3.63) is 99.7 Å². The Labute approximate surface area is 269 Å². The third kappa shape index (κ3) is 7.55. The minimum atomic E-state index is -0.169. The van der Waals surface area contributed by atoms with E-state index in [1.54, 1.807) is 4.68 Å². The third-order valence-corrected chi connectivity index (χ3v) is 9.37. The first-order valence-corrected chi connectivity index (χ1v) is 16.2. The summed E-state index contributed by atoms with van der Waals surface area (Å²) in [6, 6.07) is 22.2. The average Bonchev–Trinajstić information content (AvgIpc) is 3.44. The van der Waals surface area contributed by atoms with Gasteiger partial charge in [-0.3, -0.25) is 4.79 Å². The average molecular weight is 614 g/mol. The summed E-state index contributed by atoms with van der Waals surface area (Å²) in [6.45, 7) is 18.9. The molecule has 0 saturated carbocycles. The van der Waals surface area contributed by atoms with Crippen LogP contribution >= 0.6 is 11.6 Å². The molecule has 4 rings (SSSR count). The molecule has 44 heavy (non-hydrogen) atoms. The molecule has 0 spiro atoms. The molecule has 0 aliphatic carbocycles. The molecule has 5 nitrogen and oxygen atoms in total. The van der Waals surface area contributed by atoms with Crippen molar-refractivity contribution >= 4 is 17.5 Å². The largest absolute Gasteiger partial charge is 0.493 e. The third-order valence-electron chi connectivity index (χ3n) is 9.04. The molecular formula is C38H48ClN3O2. The number of nitrogens with zero attached hydrogens (tertiary/aromatic N) is 2. The molecule has 6 heteroatoms. The Kier molecular flexibility index (Phi) is 10.6. The predicted molar refractivity (Wildman–Crippen MR) is 184 cm³/mol. The molecule has 0 radical (unpaired) electrons. The van der Waals surface area contributed by atoms with Gasteiger partial charge in [-0.1, -0.05) is 101 Å². The minimum absolute atomic E-state index is 0.0186. The van der Waals surface area contributed by atoms with Crippen LogP contribution in [0.5, 0.6) is 5.75 Å². The van der Waals surface area contributed by atoms with Crippen molar-refractivity contribution in [1.29, 1.82) is 0 Å². The van der Waals surface area contributed by atoms with Crippen molar-refractivity contribution in [2.45, 2.75) is 91.9 Å². The van der Waals surface area contributed by atoms with E-state index >= 15 is 0 Å². The molecule has 0 aliphatic rings. The maximum absolute atomic E-state index is 13.5. The van der Waals surface area contributed by atoms with Crippen LogP contribution in [0.25, 0.3) is 16.9 Å². The van der Waals surface area contributed by atoms with Crippen molar-refractivity contribution < 1.29 is 9.53 Å².